The van der Waals surface area contributed by atoms with Gasteiger partial charge in [0.15, 0.2) is 0 Å². The van der Waals surface area contributed by atoms with E-state index in [0.29, 0.717) is 0 Å². The number of ether oxygens (including phenoxy) is 1. The Morgan fingerprint density at radius 3 is 2.25 bits per heavy atom. The molecular formula is C20H35NO3. The second-order valence-electron chi connectivity index (χ2n) is 6.32. The van der Waals surface area contributed by atoms with Gasteiger partial charge in [0.2, 0.25) is 5.91 Å². The van der Waals surface area contributed by atoms with Crippen molar-refractivity contribution >= 4 is 11.9 Å². The first kappa shape index (κ1) is 22.4. The Morgan fingerprint density at radius 2 is 1.62 bits per heavy atom. The van der Waals surface area contributed by atoms with E-state index in [9.17, 15) is 9.59 Å². The second kappa shape index (κ2) is 15.0. The molecule has 0 aliphatic rings. The van der Waals surface area contributed by atoms with Gasteiger partial charge in [0.1, 0.15) is 6.10 Å². The van der Waals surface area contributed by atoms with Crippen molar-refractivity contribution < 1.29 is 14.3 Å². The van der Waals surface area contributed by atoms with E-state index in [4.69, 9.17) is 4.74 Å². The van der Waals surface area contributed by atoms with Crippen molar-refractivity contribution in [1.29, 1.82) is 0 Å². The van der Waals surface area contributed by atoms with Gasteiger partial charge < -0.3 is 10.1 Å². The zero-order chi connectivity index (χ0) is 18.2. The maximum absolute atomic E-state index is 11.2. The molecule has 2 atom stereocenters. The van der Waals surface area contributed by atoms with Gasteiger partial charge in [0, 0.05) is 13.8 Å². The molecule has 24 heavy (non-hydrogen) atoms. The van der Waals surface area contributed by atoms with E-state index >= 15 is 0 Å². The molecular weight excluding hydrogens is 302 g/mol. The molecule has 0 unspecified atom stereocenters. The molecule has 0 aromatic heterocycles. The monoisotopic (exact) mass is 337 g/mol. The van der Waals surface area contributed by atoms with Gasteiger partial charge in [-0.05, 0) is 45.4 Å². The molecule has 1 amide bonds. The van der Waals surface area contributed by atoms with E-state index in [-0.39, 0.29) is 24.0 Å². The minimum atomic E-state index is -0.291. The van der Waals surface area contributed by atoms with E-state index in [1.54, 1.807) is 0 Å². The van der Waals surface area contributed by atoms with Crippen LogP contribution in [0.5, 0.6) is 0 Å². The highest BCUT2D eigenvalue weighted by atomic mass is 16.5. The Kier molecular flexibility index (Phi) is 14.0. The summed E-state index contributed by atoms with van der Waals surface area (Å²) in [6.45, 7) is 8.48. The molecule has 1 N–H and O–H groups in total. The van der Waals surface area contributed by atoms with Gasteiger partial charge in [-0.25, -0.2) is 0 Å². The van der Waals surface area contributed by atoms with Crippen molar-refractivity contribution in [2.75, 3.05) is 0 Å². The summed E-state index contributed by atoms with van der Waals surface area (Å²) < 4.78 is 5.34. The summed E-state index contributed by atoms with van der Waals surface area (Å²) in [4.78, 5) is 22.3. The van der Waals surface area contributed by atoms with E-state index in [1.165, 1.54) is 33.1 Å². The van der Waals surface area contributed by atoms with Crippen LogP contribution in [-0.2, 0) is 14.3 Å². The van der Waals surface area contributed by atoms with Gasteiger partial charge in [-0.15, -0.1) is 6.58 Å². The molecule has 0 aromatic carbocycles. The van der Waals surface area contributed by atoms with Crippen LogP contribution in [0, 0.1) is 0 Å². The maximum atomic E-state index is 11.2. The molecule has 0 rings (SSSR count). The average Bonchev–Trinajstić information content (AvgIpc) is 2.50. The first-order valence-electron chi connectivity index (χ1n) is 9.17. The summed E-state index contributed by atoms with van der Waals surface area (Å²) >= 11 is 0. The van der Waals surface area contributed by atoms with Crippen molar-refractivity contribution in [2.24, 2.45) is 0 Å². The van der Waals surface area contributed by atoms with Gasteiger partial charge in [0.05, 0.1) is 6.04 Å². The van der Waals surface area contributed by atoms with Crippen LogP contribution in [0.4, 0.5) is 0 Å². The van der Waals surface area contributed by atoms with Crippen molar-refractivity contribution in [1.82, 2.24) is 5.32 Å². The third kappa shape index (κ3) is 14.0. The number of hydrogen-bond acceptors (Lipinski definition) is 3. The average molecular weight is 338 g/mol. The number of hydrogen-bond donors (Lipinski definition) is 1. The lowest BCUT2D eigenvalue weighted by molar-refractivity contribution is -0.148. The number of rotatable bonds is 14. The minimum absolute atomic E-state index is 0.0965. The van der Waals surface area contributed by atoms with Gasteiger partial charge in [-0.3, -0.25) is 9.59 Å². The van der Waals surface area contributed by atoms with E-state index in [0.717, 1.165) is 38.5 Å². The Bertz CT molecular complexity index is 390. The number of nitrogens with one attached hydrogen (secondary N) is 1. The maximum Gasteiger partial charge on any atom is 0.302 e. The molecule has 0 spiro atoms. The zero-order valence-electron chi connectivity index (χ0n) is 15.7. The number of esters is 1. The quantitative estimate of drug-likeness (QED) is 0.284. The minimum Gasteiger partial charge on any atom is -0.460 e. The molecule has 0 bridgehead atoms. The van der Waals surface area contributed by atoms with E-state index in [2.05, 4.69) is 24.0 Å². The molecule has 0 fully saturated rings. The predicted molar refractivity (Wildman–Crippen MR) is 99.7 cm³/mol. The van der Waals surface area contributed by atoms with E-state index < -0.39 is 0 Å². The topological polar surface area (TPSA) is 55.4 Å². The highest BCUT2D eigenvalue weighted by molar-refractivity contribution is 5.73. The molecule has 4 nitrogen and oxygen atoms in total. The molecule has 138 valence electrons. The van der Waals surface area contributed by atoms with Gasteiger partial charge >= 0.3 is 5.97 Å². The first-order valence-corrected chi connectivity index (χ1v) is 9.17. The van der Waals surface area contributed by atoms with Crippen molar-refractivity contribution in [3.63, 3.8) is 0 Å². The fourth-order valence-corrected chi connectivity index (χ4v) is 2.63. The molecule has 0 saturated heterocycles. The summed E-state index contributed by atoms with van der Waals surface area (Å²) in [6.07, 6.45) is 16.1. The smallest absolute Gasteiger partial charge is 0.302 e. The second-order valence-corrected chi connectivity index (χ2v) is 6.32. The first-order chi connectivity index (χ1) is 11.5. The molecule has 0 radical (unpaired) electrons. The molecule has 0 aliphatic carbocycles. The van der Waals surface area contributed by atoms with E-state index in [1.807, 2.05) is 13.0 Å². The van der Waals surface area contributed by atoms with Crippen molar-refractivity contribution in [2.45, 2.75) is 90.7 Å². The third-order valence-electron chi connectivity index (χ3n) is 3.87. The number of amides is 1. The normalized spacial score (nSPS) is 13.5. The Hall–Kier alpha value is -1.58. The summed E-state index contributed by atoms with van der Waals surface area (Å²) in [5, 5.41) is 2.81. The third-order valence-corrected chi connectivity index (χ3v) is 3.87. The standard InChI is InChI=1S/C20H35NO3/c1-5-6-7-8-9-10-11-12-13-14-15-16-20(24-19(4)23)17(2)21-18(3)22/h5,8-9,17,20H,1,6-7,10-16H2,2-4H3,(H,21,22)/b9-8+/t17-,20+/m0/s1. The Balaban J connectivity index is 3.79. The van der Waals surface area contributed by atoms with Crippen molar-refractivity contribution in [3.8, 4) is 0 Å². The fourth-order valence-electron chi connectivity index (χ4n) is 2.63. The van der Waals surface area contributed by atoms with Crippen LogP contribution in [0.25, 0.3) is 0 Å². The molecule has 0 aromatic rings. The summed E-state index contributed by atoms with van der Waals surface area (Å²) in [5.74, 6) is -0.388. The lowest BCUT2D eigenvalue weighted by Crippen LogP contribution is -2.42. The van der Waals surface area contributed by atoms with Gasteiger partial charge in [-0.1, -0.05) is 37.5 Å². The molecule has 0 aliphatic heterocycles. The highest BCUT2D eigenvalue weighted by Gasteiger charge is 2.20. The zero-order valence-corrected chi connectivity index (χ0v) is 15.7. The molecule has 4 heteroatoms. The van der Waals surface area contributed by atoms with Crippen LogP contribution < -0.4 is 5.32 Å². The Labute approximate surface area is 147 Å². The van der Waals surface area contributed by atoms with Crippen LogP contribution in [0.3, 0.4) is 0 Å². The van der Waals surface area contributed by atoms with Crippen LogP contribution in [0.15, 0.2) is 24.8 Å². The lowest BCUT2D eigenvalue weighted by atomic mass is 10.0. The molecule has 0 saturated carbocycles. The summed E-state index contributed by atoms with van der Waals surface area (Å²) in [6, 6.07) is -0.146. The van der Waals surface area contributed by atoms with Crippen LogP contribution in [-0.4, -0.2) is 24.0 Å². The fraction of sp³-hybridized carbons (Fsp3) is 0.700. The summed E-state index contributed by atoms with van der Waals surface area (Å²) in [7, 11) is 0. The summed E-state index contributed by atoms with van der Waals surface area (Å²) in [5.41, 5.74) is 0. The number of allylic oxidation sites excluding steroid dienone is 3. The SMILES string of the molecule is C=CCC/C=C/CCCCCCC[C@@H](OC(C)=O)[C@H](C)NC(C)=O. The largest absolute Gasteiger partial charge is 0.460 e. The number of carbonyl (C=O) groups excluding carboxylic acids is 2. The Morgan fingerprint density at radius 1 is 1.00 bits per heavy atom. The number of unbranched alkanes of at least 4 members (excludes halogenated alkanes) is 6. The van der Waals surface area contributed by atoms with Gasteiger partial charge in [0.25, 0.3) is 0 Å². The molecule has 0 heterocycles. The van der Waals surface area contributed by atoms with Gasteiger partial charge in [-0.2, -0.15) is 0 Å². The van der Waals surface area contributed by atoms with Crippen LogP contribution in [0.1, 0.15) is 78.6 Å². The highest BCUT2D eigenvalue weighted by Crippen LogP contribution is 2.13. The van der Waals surface area contributed by atoms with Crippen molar-refractivity contribution in [3.05, 3.63) is 24.8 Å². The van der Waals surface area contributed by atoms with Crippen LogP contribution in [0.2, 0.25) is 0 Å². The van der Waals surface area contributed by atoms with Crippen LogP contribution >= 0.6 is 0 Å². The lowest BCUT2D eigenvalue weighted by Gasteiger charge is -2.24. The number of carbonyl (C=O) groups is 2. The predicted octanol–water partition coefficient (Wildman–Crippen LogP) is 4.70.